The molecule has 1 fully saturated rings. The van der Waals surface area contributed by atoms with E-state index in [1.54, 1.807) is 11.8 Å². The van der Waals surface area contributed by atoms with Crippen molar-refractivity contribution in [3.8, 4) is 0 Å². The van der Waals surface area contributed by atoms with Gasteiger partial charge in [0.2, 0.25) is 0 Å². The van der Waals surface area contributed by atoms with Crippen LogP contribution in [0.3, 0.4) is 0 Å². The molecule has 0 aromatic rings. The number of unbranched alkanes of at least 4 members (excludes halogenated alkanes) is 1. The highest BCUT2D eigenvalue weighted by Crippen LogP contribution is 2.30. The monoisotopic (exact) mass is 421 g/mol. The van der Waals surface area contributed by atoms with Crippen LogP contribution in [0.15, 0.2) is 5.16 Å². The predicted molar refractivity (Wildman–Crippen MR) is 93.7 cm³/mol. The van der Waals surface area contributed by atoms with Gasteiger partial charge in [0.25, 0.3) is 0 Å². The Bertz CT molecular complexity index is 528. The second-order valence-corrected chi connectivity index (χ2v) is 8.41. The highest BCUT2D eigenvalue weighted by molar-refractivity contribution is 8.14. The molecule has 1 heterocycles. The molecule has 25 heavy (non-hydrogen) atoms. The van der Waals surface area contributed by atoms with Gasteiger partial charge in [0.05, 0.1) is 6.61 Å². The van der Waals surface area contributed by atoms with Gasteiger partial charge in [0.15, 0.2) is 0 Å². The zero-order valence-corrected chi connectivity index (χ0v) is 15.9. The number of rotatable bonds is 9. The minimum atomic E-state index is -4.78. The maximum Gasteiger partial charge on any atom is 0.466 e. The molecule has 1 rings (SSSR count). The van der Waals surface area contributed by atoms with Gasteiger partial charge in [-0.1, -0.05) is 16.9 Å². The molecule has 5 atom stereocenters. The lowest BCUT2D eigenvalue weighted by atomic mass is 10.0. The molecule has 0 radical (unpaired) electrons. The largest absolute Gasteiger partial charge is 0.466 e. The molecule has 0 aliphatic carbocycles. The minimum Gasteiger partial charge on any atom is -0.394 e. The molecular weight excluding hydrogens is 398 g/mol. The summed E-state index contributed by atoms with van der Waals surface area (Å²) in [6.07, 6.45) is -1.94. The SMILES string of the molecule is CSCCCC/C(=N/OS(=O)(=O)O)S[C@@H]1O[C@H](CO)[C@H](O)[C@@H](O)[C@@H]1O. The van der Waals surface area contributed by atoms with Crippen LogP contribution in [-0.2, 0) is 19.4 Å². The van der Waals surface area contributed by atoms with Gasteiger partial charge in [-0.05, 0) is 31.3 Å². The van der Waals surface area contributed by atoms with Crippen LogP contribution < -0.4 is 0 Å². The Kier molecular flexibility index (Phi) is 9.98. The van der Waals surface area contributed by atoms with Crippen molar-refractivity contribution >= 4 is 39.0 Å². The molecule has 0 aromatic heterocycles. The summed E-state index contributed by atoms with van der Waals surface area (Å²) >= 11 is 2.43. The summed E-state index contributed by atoms with van der Waals surface area (Å²) in [4.78, 5) is 0. The Morgan fingerprint density at radius 3 is 2.44 bits per heavy atom. The van der Waals surface area contributed by atoms with Crippen LogP contribution in [0.1, 0.15) is 19.3 Å². The number of aliphatic hydroxyl groups excluding tert-OH is 4. The van der Waals surface area contributed by atoms with Gasteiger partial charge in [-0.3, -0.25) is 4.55 Å². The summed E-state index contributed by atoms with van der Waals surface area (Å²) in [5.41, 5.74) is -1.11. The van der Waals surface area contributed by atoms with Gasteiger partial charge in [0, 0.05) is 0 Å². The van der Waals surface area contributed by atoms with Gasteiger partial charge < -0.3 is 25.2 Å². The smallest absolute Gasteiger partial charge is 0.394 e. The van der Waals surface area contributed by atoms with Crippen LogP contribution in [-0.4, -0.2) is 86.9 Å². The molecule has 1 aliphatic heterocycles. The fourth-order valence-electron chi connectivity index (χ4n) is 2.04. The van der Waals surface area contributed by atoms with Crippen molar-refractivity contribution in [2.75, 3.05) is 18.6 Å². The van der Waals surface area contributed by atoms with E-state index < -0.39 is 46.9 Å². The number of hydrogen-bond acceptors (Lipinski definition) is 11. The third-order valence-corrected chi connectivity index (χ3v) is 5.46. The summed E-state index contributed by atoms with van der Waals surface area (Å²) in [6, 6.07) is 0. The summed E-state index contributed by atoms with van der Waals surface area (Å²) in [6.45, 7) is -0.580. The average Bonchev–Trinajstić information content (AvgIpc) is 2.55. The molecule has 1 aliphatic rings. The molecule has 1 saturated heterocycles. The topological polar surface area (TPSA) is 166 Å². The standard InChI is InChI=1S/C12H23NO9S3/c1-23-5-3-2-4-8(13-22-25(18,19)20)24-12-11(17)10(16)9(15)7(6-14)21-12/h7,9-12,14-17H,2-6H2,1H3,(H,18,19,20)/b13-8-/t7-,9+,10-,11+,12+/m1/s1. The molecule has 0 saturated carbocycles. The van der Waals surface area contributed by atoms with Crippen LogP contribution in [0.25, 0.3) is 0 Å². The lowest BCUT2D eigenvalue weighted by molar-refractivity contribution is -0.205. The predicted octanol–water partition coefficient (Wildman–Crippen LogP) is -0.814. The van der Waals surface area contributed by atoms with Crippen LogP contribution in [0.4, 0.5) is 0 Å². The van der Waals surface area contributed by atoms with Crippen molar-refractivity contribution in [3.63, 3.8) is 0 Å². The molecule has 0 spiro atoms. The number of hydrogen-bond donors (Lipinski definition) is 5. The summed E-state index contributed by atoms with van der Waals surface area (Å²) in [5.74, 6) is 0.886. The van der Waals surface area contributed by atoms with Gasteiger partial charge >= 0.3 is 10.4 Å². The normalized spacial score (nSPS) is 31.1. The Balaban J connectivity index is 2.80. The maximum absolute atomic E-state index is 10.7. The van der Waals surface area contributed by atoms with E-state index in [2.05, 4.69) is 9.44 Å². The van der Waals surface area contributed by atoms with Crippen LogP contribution in [0.5, 0.6) is 0 Å². The first kappa shape index (κ1) is 22.9. The van der Waals surface area contributed by atoms with Crippen molar-refractivity contribution < 1.29 is 42.4 Å². The number of ether oxygens (including phenoxy) is 1. The summed E-state index contributed by atoms with van der Waals surface area (Å²) in [5, 5.41) is 42.2. The van der Waals surface area contributed by atoms with E-state index in [9.17, 15) is 28.8 Å². The first-order chi connectivity index (χ1) is 11.7. The van der Waals surface area contributed by atoms with Crippen LogP contribution in [0.2, 0.25) is 0 Å². The minimum absolute atomic E-state index is 0.114. The lowest BCUT2D eigenvalue weighted by Gasteiger charge is -2.39. The zero-order chi connectivity index (χ0) is 19.0. The van der Waals surface area contributed by atoms with Crippen LogP contribution >= 0.6 is 23.5 Å². The van der Waals surface area contributed by atoms with E-state index in [1.165, 1.54) is 0 Å². The second-order valence-electron chi connectivity index (χ2n) is 5.25. The molecule has 0 bridgehead atoms. The summed E-state index contributed by atoms with van der Waals surface area (Å²) < 4.78 is 39.4. The van der Waals surface area contributed by atoms with Gasteiger partial charge in [-0.25, -0.2) is 4.28 Å². The molecule has 13 heteroatoms. The van der Waals surface area contributed by atoms with Crippen molar-refractivity contribution in [1.29, 1.82) is 0 Å². The number of thioether (sulfide) groups is 2. The molecule has 0 unspecified atom stereocenters. The van der Waals surface area contributed by atoms with Gasteiger partial charge in [0.1, 0.15) is 34.9 Å². The molecule has 148 valence electrons. The quantitative estimate of drug-likeness (QED) is 0.104. The Labute approximate surface area is 154 Å². The molecule has 5 N–H and O–H groups in total. The van der Waals surface area contributed by atoms with Crippen molar-refractivity contribution in [3.05, 3.63) is 0 Å². The van der Waals surface area contributed by atoms with E-state index in [0.717, 1.165) is 23.9 Å². The van der Waals surface area contributed by atoms with E-state index in [-0.39, 0.29) is 11.5 Å². The van der Waals surface area contributed by atoms with E-state index in [4.69, 9.17) is 9.29 Å². The van der Waals surface area contributed by atoms with Crippen LogP contribution in [0, 0.1) is 0 Å². The third kappa shape index (κ3) is 7.97. The second kappa shape index (κ2) is 10.9. The third-order valence-electron chi connectivity index (χ3n) is 3.32. The zero-order valence-electron chi connectivity index (χ0n) is 13.5. The van der Waals surface area contributed by atoms with E-state index in [0.29, 0.717) is 6.42 Å². The maximum atomic E-state index is 10.7. The van der Waals surface area contributed by atoms with E-state index >= 15 is 0 Å². The highest BCUT2D eigenvalue weighted by atomic mass is 32.3. The Morgan fingerprint density at radius 2 is 1.88 bits per heavy atom. The molecule has 0 amide bonds. The Hall–Kier alpha value is -0.120. The first-order valence-electron chi connectivity index (χ1n) is 7.38. The summed E-state index contributed by atoms with van der Waals surface area (Å²) in [7, 11) is -4.78. The molecule has 0 aromatic carbocycles. The first-order valence-corrected chi connectivity index (χ1v) is 11.0. The number of nitrogens with zero attached hydrogens (tertiary/aromatic N) is 1. The van der Waals surface area contributed by atoms with Crippen molar-refractivity contribution in [2.24, 2.45) is 5.16 Å². The van der Waals surface area contributed by atoms with Gasteiger partial charge in [-0.2, -0.15) is 20.2 Å². The Morgan fingerprint density at radius 1 is 1.20 bits per heavy atom. The molecular formula is C12H23NO9S3. The lowest BCUT2D eigenvalue weighted by Crippen LogP contribution is -2.57. The van der Waals surface area contributed by atoms with E-state index in [1.807, 2.05) is 6.26 Å². The fourth-order valence-corrected chi connectivity index (χ4v) is 3.87. The fraction of sp³-hybridized carbons (Fsp3) is 0.917. The average molecular weight is 422 g/mol. The molecule has 10 nitrogen and oxygen atoms in total. The van der Waals surface area contributed by atoms with Gasteiger partial charge in [-0.15, -0.1) is 0 Å². The number of oxime groups is 1. The number of aliphatic hydroxyl groups is 4. The van der Waals surface area contributed by atoms with Crippen molar-refractivity contribution in [1.82, 2.24) is 0 Å². The van der Waals surface area contributed by atoms with Crippen molar-refractivity contribution in [2.45, 2.75) is 49.1 Å². The highest BCUT2D eigenvalue weighted by Gasteiger charge is 2.44.